The van der Waals surface area contributed by atoms with Gasteiger partial charge in [0.15, 0.2) is 0 Å². The normalized spacial score (nSPS) is 12.2. The minimum atomic E-state index is -0.564. The standard InChI is InChI=1S/C15H22OS/c1-4-17-14-10-8-13(9-11-14)7-5-6-12-15(2,3)16/h5,7-11,16H,4,6,12H2,1-3H3/b7-5+. The van der Waals surface area contributed by atoms with E-state index in [0.29, 0.717) is 0 Å². The molecule has 0 aliphatic heterocycles. The number of thioether (sulfide) groups is 1. The second-order valence-electron chi connectivity index (χ2n) is 4.76. The summed E-state index contributed by atoms with van der Waals surface area (Å²) in [6, 6.07) is 8.59. The average molecular weight is 250 g/mol. The Morgan fingerprint density at radius 2 is 1.88 bits per heavy atom. The summed E-state index contributed by atoms with van der Waals surface area (Å²) in [4.78, 5) is 1.32. The van der Waals surface area contributed by atoms with Gasteiger partial charge in [-0.05, 0) is 50.1 Å². The van der Waals surface area contributed by atoms with Gasteiger partial charge in [0.1, 0.15) is 0 Å². The lowest BCUT2D eigenvalue weighted by Crippen LogP contribution is -2.17. The maximum atomic E-state index is 9.57. The SMILES string of the molecule is CCSc1ccc(/C=C/CCC(C)(C)O)cc1. The van der Waals surface area contributed by atoms with Crippen LogP contribution in [0.3, 0.4) is 0 Å². The number of hydrogen-bond donors (Lipinski definition) is 1. The van der Waals surface area contributed by atoms with Gasteiger partial charge in [-0.1, -0.05) is 31.2 Å². The zero-order valence-corrected chi connectivity index (χ0v) is 11.8. The molecule has 0 unspecified atom stereocenters. The number of rotatable bonds is 6. The molecule has 0 amide bonds. The van der Waals surface area contributed by atoms with Gasteiger partial charge in [0.2, 0.25) is 0 Å². The molecule has 1 nitrogen and oxygen atoms in total. The molecule has 17 heavy (non-hydrogen) atoms. The zero-order chi connectivity index (χ0) is 12.7. The van der Waals surface area contributed by atoms with Crippen LogP contribution >= 0.6 is 11.8 Å². The van der Waals surface area contributed by atoms with Crippen molar-refractivity contribution in [2.45, 2.75) is 44.1 Å². The second kappa shape index (κ2) is 6.87. The van der Waals surface area contributed by atoms with E-state index in [-0.39, 0.29) is 0 Å². The molecule has 0 aromatic heterocycles. The predicted octanol–water partition coefficient (Wildman–Crippen LogP) is 4.36. The quantitative estimate of drug-likeness (QED) is 0.757. The molecule has 94 valence electrons. The van der Waals surface area contributed by atoms with E-state index < -0.39 is 5.60 Å². The highest BCUT2D eigenvalue weighted by Gasteiger charge is 2.09. The third kappa shape index (κ3) is 6.54. The average Bonchev–Trinajstić information content (AvgIpc) is 2.26. The van der Waals surface area contributed by atoms with Gasteiger partial charge in [-0.3, -0.25) is 0 Å². The van der Waals surface area contributed by atoms with Crippen LogP contribution in [-0.2, 0) is 0 Å². The van der Waals surface area contributed by atoms with Crippen LogP contribution in [0.4, 0.5) is 0 Å². The summed E-state index contributed by atoms with van der Waals surface area (Å²) >= 11 is 1.86. The molecule has 0 fully saturated rings. The monoisotopic (exact) mass is 250 g/mol. The number of benzene rings is 1. The van der Waals surface area contributed by atoms with Gasteiger partial charge >= 0.3 is 0 Å². The van der Waals surface area contributed by atoms with Crippen LogP contribution in [0.2, 0.25) is 0 Å². The first-order valence-corrected chi connectivity index (χ1v) is 7.11. The minimum absolute atomic E-state index is 0.564. The maximum absolute atomic E-state index is 9.57. The second-order valence-corrected chi connectivity index (χ2v) is 6.09. The van der Waals surface area contributed by atoms with Gasteiger partial charge in [-0.15, -0.1) is 11.8 Å². The summed E-state index contributed by atoms with van der Waals surface area (Å²) < 4.78 is 0. The van der Waals surface area contributed by atoms with Crippen LogP contribution in [0.25, 0.3) is 6.08 Å². The van der Waals surface area contributed by atoms with Gasteiger partial charge in [-0.25, -0.2) is 0 Å². The largest absolute Gasteiger partial charge is 0.390 e. The molecular formula is C15H22OS. The third-order valence-electron chi connectivity index (χ3n) is 2.42. The molecule has 0 heterocycles. The van der Waals surface area contributed by atoms with Crippen LogP contribution in [0, 0.1) is 0 Å². The number of aliphatic hydroxyl groups is 1. The van der Waals surface area contributed by atoms with E-state index in [0.717, 1.165) is 18.6 Å². The first-order chi connectivity index (χ1) is 8.01. The fraction of sp³-hybridized carbons (Fsp3) is 0.467. The molecule has 1 aromatic rings. The third-order valence-corrected chi connectivity index (χ3v) is 3.32. The highest BCUT2D eigenvalue weighted by Crippen LogP contribution is 2.18. The van der Waals surface area contributed by atoms with E-state index in [1.807, 2.05) is 25.6 Å². The topological polar surface area (TPSA) is 20.2 Å². The van der Waals surface area contributed by atoms with E-state index in [9.17, 15) is 5.11 Å². The van der Waals surface area contributed by atoms with Crippen LogP contribution < -0.4 is 0 Å². The molecule has 2 heteroatoms. The van der Waals surface area contributed by atoms with Crippen molar-refractivity contribution in [3.05, 3.63) is 35.9 Å². The Labute approximate surface area is 109 Å². The van der Waals surface area contributed by atoms with Gasteiger partial charge < -0.3 is 5.11 Å². The lowest BCUT2D eigenvalue weighted by Gasteiger charge is -2.14. The Morgan fingerprint density at radius 1 is 1.24 bits per heavy atom. The van der Waals surface area contributed by atoms with E-state index in [2.05, 4.69) is 43.3 Å². The Kier molecular flexibility index (Phi) is 5.79. The lowest BCUT2D eigenvalue weighted by atomic mass is 10.0. The summed E-state index contributed by atoms with van der Waals surface area (Å²) in [6.07, 6.45) is 5.95. The molecule has 0 aliphatic rings. The summed E-state index contributed by atoms with van der Waals surface area (Å²) in [5.74, 6) is 1.11. The summed E-state index contributed by atoms with van der Waals surface area (Å²) in [5.41, 5.74) is 0.660. The Hall–Kier alpha value is -0.730. The summed E-state index contributed by atoms with van der Waals surface area (Å²) in [6.45, 7) is 5.85. The smallest absolute Gasteiger partial charge is 0.0594 e. The van der Waals surface area contributed by atoms with E-state index in [1.165, 1.54) is 10.5 Å². The fourth-order valence-corrected chi connectivity index (χ4v) is 2.16. The minimum Gasteiger partial charge on any atom is -0.390 e. The highest BCUT2D eigenvalue weighted by atomic mass is 32.2. The molecule has 1 N–H and O–H groups in total. The Balaban J connectivity index is 2.43. The first-order valence-electron chi connectivity index (χ1n) is 6.13. The van der Waals surface area contributed by atoms with Gasteiger partial charge in [0.05, 0.1) is 5.60 Å². The zero-order valence-electron chi connectivity index (χ0n) is 10.9. The van der Waals surface area contributed by atoms with E-state index in [4.69, 9.17) is 0 Å². The summed E-state index contributed by atoms with van der Waals surface area (Å²) in [5, 5.41) is 9.57. The van der Waals surface area contributed by atoms with Crippen molar-refractivity contribution in [1.82, 2.24) is 0 Å². The van der Waals surface area contributed by atoms with Crippen molar-refractivity contribution in [3.63, 3.8) is 0 Å². The predicted molar refractivity (Wildman–Crippen MR) is 77.4 cm³/mol. The van der Waals surface area contributed by atoms with Gasteiger partial charge in [-0.2, -0.15) is 0 Å². The van der Waals surface area contributed by atoms with Crippen molar-refractivity contribution >= 4 is 17.8 Å². The molecule has 0 atom stereocenters. The van der Waals surface area contributed by atoms with Crippen molar-refractivity contribution < 1.29 is 5.11 Å². The summed E-state index contributed by atoms with van der Waals surface area (Å²) in [7, 11) is 0. The molecule has 0 bridgehead atoms. The molecule has 1 rings (SSSR count). The van der Waals surface area contributed by atoms with Gasteiger partial charge in [0, 0.05) is 4.90 Å². The molecular weight excluding hydrogens is 228 g/mol. The van der Waals surface area contributed by atoms with E-state index >= 15 is 0 Å². The van der Waals surface area contributed by atoms with Crippen LogP contribution in [0.15, 0.2) is 35.2 Å². The van der Waals surface area contributed by atoms with Crippen LogP contribution in [-0.4, -0.2) is 16.5 Å². The van der Waals surface area contributed by atoms with Gasteiger partial charge in [0.25, 0.3) is 0 Å². The molecule has 0 radical (unpaired) electrons. The fourth-order valence-electron chi connectivity index (χ4n) is 1.50. The van der Waals surface area contributed by atoms with Crippen molar-refractivity contribution in [2.75, 3.05) is 5.75 Å². The molecule has 1 aromatic carbocycles. The molecule has 0 saturated heterocycles. The number of hydrogen-bond acceptors (Lipinski definition) is 2. The number of allylic oxidation sites excluding steroid dienone is 1. The Bertz CT molecular complexity index is 346. The van der Waals surface area contributed by atoms with Crippen molar-refractivity contribution in [1.29, 1.82) is 0 Å². The highest BCUT2D eigenvalue weighted by molar-refractivity contribution is 7.99. The van der Waals surface area contributed by atoms with Crippen molar-refractivity contribution in [2.24, 2.45) is 0 Å². The molecule has 0 aliphatic carbocycles. The maximum Gasteiger partial charge on any atom is 0.0594 e. The lowest BCUT2D eigenvalue weighted by molar-refractivity contribution is 0.0722. The van der Waals surface area contributed by atoms with Crippen molar-refractivity contribution in [3.8, 4) is 0 Å². The molecule has 0 spiro atoms. The van der Waals surface area contributed by atoms with Crippen LogP contribution in [0.1, 0.15) is 39.2 Å². The Morgan fingerprint density at radius 3 is 2.41 bits per heavy atom. The molecule has 0 saturated carbocycles. The van der Waals surface area contributed by atoms with E-state index in [1.54, 1.807) is 0 Å². The van der Waals surface area contributed by atoms with Crippen LogP contribution in [0.5, 0.6) is 0 Å². The first kappa shape index (κ1) is 14.3.